The second-order valence-electron chi connectivity index (χ2n) is 10.4. The number of aromatic nitrogens is 2. The number of nitrogens with zero attached hydrogens (tertiary/aromatic N) is 4. The molecular weight excluding hydrogens is 487 g/mol. The molecule has 0 bridgehead atoms. The average Bonchev–Trinajstić information content (AvgIpc) is 3.23. The summed E-state index contributed by atoms with van der Waals surface area (Å²) in [5.41, 5.74) is 1.11. The molecule has 38 heavy (non-hydrogen) atoms. The third kappa shape index (κ3) is 6.29. The maximum absolute atomic E-state index is 14.3. The van der Waals surface area contributed by atoms with Crippen LogP contribution in [0.5, 0.6) is 0 Å². The third-order valence-corrected chi connectivity index (χ3v) is 6.92. The minimum Gasteiger partial charge on any atom is -0.390 e. The van der Waals surface area contributed by atoms with Crippen LogP contribution in [0.15, 0.2) is 36.4 Å². The van der Waals surface area contributed by atoms with Gasteiger partial charge in [0.15, 0.2) is 0 Å². The van der Waals surface area contributed by atoms with Crippen LogP contribution in [0.4, 0.5) is 26.5 Å². The molecule has 0 atom stereocenters. The van der Waals surface area contributed by atoms with Gasteiger partial charge in [0, 0.05) is 25.2 Å². The van der Waals surface area contributed by atoms with Crippen molar-refractivity contribution in [1.82, 2.24) is 9.55 Å². The monoisotopic (exact) mass is 520 g/mol. The molecule has 1 fully saturated rings. The van der Waals surface area contributed by atoms with Gasteiger partial charge < -0.3 is 19.9 Å². The number of carbonyl (C=O) groups is 2. The molecule has 3 amide bonds. The first-order chi connectivity index (χ1) is 18.1. The number of aliphatic hydroxyl groups is 1. The molecule has 4 rings (SSSR count). The van der Waals surface area contributed by atoms with Crippen LogP contribution in [0.25, 0.3) is 11.0 Å². The van der Waals surface area contributed by atoms with Crippen molar-refractivity contribution in [2.24, 2.45) is 5.92 Å². The van der Waals surface area contributed by atoms with E-state index in [1.54, 1.807) is 36.4 Å². The Kier molecular flexibility index (Phi) is 7.97. The minimum absolute atomic E-state index is 0.0253. The second-order valence-corrected chi connectivity index (χ2v) is 10.4. The van der Waals surface area contributed by atoms with Gasteiger partial charge >= 0.3 is 6.03 Å². The molecule has 3 N–H and O–H groups in total. The maximum atomic E-state index is 14.3. The van der Waals surface area contributed by atoms with Crippen LogP contribution in [0.1, 0.15) is 57.9 Å². The van der Waals surface area contributed by atoms with Crippen LogP contribution >= 0.6 is 0 Å². The van der Waals surface area contributed by atoms with Gasteiger partial charge in [0.2, 0.25) is 11.9 Å². The van der Waals surface area contributed by atoms with E-state index in [1.165, 1.54) is 18.6 Å². The number of hydrogen-bond donors (Lipinski definition) is 3. The standard InChI is InChI=1S/C28H33FN6O3/c1-28(2,38)13-14-35-24-12-10-20(34(3)25(36)19-7-5-4-6-8-19)16-23(24)31-26(35)33-27(37)32-22-11-9-18(17-30)15-21(22)29/h9-12,15-16,19,38H,4-8,13-14H2,1-3H3,(H2,31,32,33,37). The van der Waals surface area contributed by atoms with E-state index < -0.39 is 17.4 Å². The molecule has 0 saturated heterocycles. The Morgan fingerprint density at radius 3 is 2.58 bits per heavy atom. The summed E-state index contributed by atoms with van der Waals surface area (Å²) in [6.07, 6.45) is 5.50. The molecule has 1 aliphatic carbocycles. The molecule has 1 saturated carbocycles. The number of benzene rings is 2. The number of anilines is 3. The molecule has 2 aromatic carbocycles. The first-order valence-corrected chi connectivity index (χ1v) is 12.8. The summed E-state index contributed by atoms with van der Waals surface area (Å²) in [4.78, 5) is 32.1. The highest BCUT2D eigenvalue weighted by atomic mass is 19.1. The van der Waals surface area contributed by atoms with Crippen molar-refractivity contribution in [1.29, 1.82) is 5.26 Å². The SMILES string of the molecule is CN(C(=O)C1CCCCC1)c1ccc2c(c1)nc(NC(=O)Nc1ccc(C#N)cc1F)n2CCC(C)(C)O. The van der Waals surface area contributed by atoms with Crippen molar-refractivity contribution in [3.05, 3.63) is 47.8 Å². The van der Waals surface area contributed by atoms with Crippen molar-refractivity contribution in [2.75, 3.05) is 22.6 Å². The summed E-state index contributed by atoms with van der Waals surface area (Å²) in [6.45, 7) is 3.75. The first kappa shape index (κ1) is 27.1. The minimum atomic E-state index is -0.950. The summed E-state index contributed by atoms with van der Waals surface area (Å²) < 4.78 is 16.1. The molecule has 0 aliphatic heterocycles. The van der Waals surface area contributed by atoms with Crippen molar-refractivity contribution < 1.29 is 19.1 Å². The van der Waals surface area contributed by atoms with E-state index in [9.17, 15) is 19.1 Å². The highest BCUT2D eigenvalue weighted by Crippen LogP contribution is 2.30. The van der Waals surface area contributed by atoms with Gasteiger partial charge in [0.1, 0.15) is 5.82 Å². The number of fused-ring (bicyclic) bond motifs is 1. The van der Waals surface area contributed by atoms with Gasteiger partial charge in [0.05, 0.1) is 34.0 Å². The number of aryl methyl sites for hydroxylation is 1. The predicted molar refractivity (Wildman–Crippen MR) is 144 cm³/mol. The van der Waals surface area contributed by atoms with Gasteiger partial charge in [-0.1, -0.05) is 19.3 Å². The number of nitriles is 1. The smallest absolute Gasteiger partial charge is 0.326 e. The number of halogens is 1. The van der Waals surface area contributed by atoms with Crippen molar-refractivity contribution >= 4 is 40.3 Å². The molecule has 1 aromatic heterocycles. The lowest BCUT2D eigenvalue weighted by atomic mass is 9.88. The molecule has 0 unspecified atom stereocenters. The molecule has 1 aliphatic rings. The summed E-state index contributed by atoms with van der Waals surface area (Å²) in [5.74, 6) is -0.399. The first-order valence-electron chi connectivity index (χ1n) is 12.8. The number of urea groups is 1. The zero-order valence-electron chi connectivity index (χ0n) is 21.9. The van der Waals surface area contributed by atoms with E-state index in [4.69, 9.17) is 5.26 Å². The Morgan fingerprint density at radius 2 is 1.92 bits per heavy atom. The summed E-state index contributed by atoms with van der Waals surface area (Å²) in [6, 6.07) is 10.4. The Labute approximate surface area is 221 Å². The lowest BCUT2D eigenvalue weighted by Crippen LogP contribution is -2.33. The lowest BCUT2D eigenvalue weighted by molar-refractivity contribution is -0.123. The summed E-state index contributed by atoms with van der Waals surface area (Å²) in [7, 11) is 1.77. The van der Waals surface area contributed by atoms with Crippen LogP contribution < -0.4 is 15.5 Å². The molecule has 1 heterocycles. The van der Waals surface area contributed by atoms with E-state index in [0.717, 1.165) is 37.3 Å². The highest BCUT2D eigenvalue weighted by Gasteiger charge is 2.25. The predicted octanol–water partition coefficient (Wildman–Crippen LogP) is 5.40. The number of carbonyl (C=O) groups excluding carboxylic acids is 2. The fourth-order valence-corrected chi connectivity index (χ4v) is 4.73. The maximum Gasteiger partial charge on any atom is 0.326 e. The number of imidazole rings is 1. The average molecular weight is 521 g/mol. The molecule has 200 valence electrons. The van der Waals surface area contributed by atoms with Gasteiger partial charge in [-0.05, 0) is 69.5 Å². The molecule has 0 spiro atoms. The number of rotatable bonds is 7. The quantitative estimate of drug-likeness (QED) is 0.385. The zero-order chi connectivity index (χ0) is 27.4. The normalized spacial score (nSPS) is 14.2. The van der Waals surface area contributed by atoms with Crippen LogP contribution in [0.2, 0.25) is 0 Å². The van der Waals surface area contributed by atoms with Gasteiger partial charge in [-0.15, -0.1) is 0 Å². The Bertz CT molecular complexity index is 1380. The Morgan fingerprint density at radius 1 is 1.18 bits per heavy atom. The molecule has 10 heteroatoms. The fourth-order valence-electron chi connectivity index (χ4n) is 4.73. The second kappa shape index (κ2) is 11.2. The molecule has 0 radical (unpaired) electrons. The Balaban J connectivity index is 1.60. The number of nitrogens with one attached hydrogen (secondary N) is 2. The van der Waals surface area contributed by atoms with E-state index >= 15 is 0 Å². The van der Waals surface area contributed by atoms with Gasteiger partial charge in [-0.25, -0.2) is 14.2 Å². The molecule has 3 aromatic rings. The fraction of sp³-hybridized carbons (Fsp3) is 0.429. The lowest BCUT2D eigenvalue weighted by Gasteiger charge is -2.26. The van der Waals surface area contributed by atoms with Gasteiger partial charge in [-0.2, -0.15) is 5.26 Å². The number of hydrogen-bond acceptors (Lipinski definition) is 5. The van der Waals surface area contributed by atoms with Crippen LogP contribution in [-0.2, 0) is 11.3 Å². The van der Waals surface area contributed by atoms with Gasteiger partial charge in [0.25, 0.3) is 0 Å². The van der Waals surface area contributed by atoms with Gasteiger partial charge in [-0.3, -0.25) is 10.1 Å². The van der Waals surface area contributed by atoms with E-state index in [-0.39, 0.29) is 29.0 Å². The van der Waals surface area contributed by atoms with Crippen molar-refractivity contribution in [2.45, 2.75) is 64.5 Å². The molecular formula is C28H33FN6O3. The van der Waals surface area contributed by atoms with E-state index in [2.05, 4.69) is 15.6 Å². The van der Waals surface area contributed by atoms with Crippen molar-refractivity contribution in [3.8, 4) is 6.07 Å². The van der Waals surface area contributed by atoms with Crippen LogP contribution in [0.3, 0.4) is 0 Å². The highest BCUT2D eigenvalue weighted by molar-refractivity contribution is 6.00. The summed E-state index contributed by atoms with van der Waals surface area (Å²) in [5, 5.41) is 24.3. The Hall–Kier alpha value is -3.97. The zero-order valence-corrected chi connectivity index (χ0v) is 21.9. The number of amides is 3. The largest absolute Gasteiger partial charge is 0.390 e. The topological polar surface area (TPSA) is 123 Å². The van der Waals surface area contributed by atoms with E-state index in [1.807, 2.05) is 18.2 Å². The van der Waals surface area contributed by atoms with Crippen LogP contribution in [-0.4, -0.2) is 39.2 Å². The van der Waals surface area contributed by atoms with E-state index in [0.29, 0.717) is 24.2 Å². The molecule has 9 nitrogen and oxygen atoms in total. The van der Waals surface area contributed by atoms with Crippen LogP contribution in [0, 0.1) is 23.1 Å². The van der Waals surface area contributed by atoms with Crippen molar-refractivity contribution in [3.63, 3.8) is 0 Å². The summed E-state index contributed by atoms with van der Waals surface area (Å²) >= 11 is 0. The third-order valence-electron chi connectivity index (χ3n) is 6.92.